The largest absolute Gasteiger partial charge is 0.353 e. The molecule has 0 unspecified atom stereocenters. The molecule has 28 heavy (non-hydrogen) atoms. The minimum Gasteiger partial charge on any atom is -0.353 e. The first-order valence-electron chi connectivity index (χ1n) is 10.7. The molecule has 4 rings (SSSR count). The molecule has 5 nitrogen and oxygen atoms in total. The first-order valence-corrected chi connectivity index (χ1v) is 10.7. The Morgan fingerprint density at radius 2 is 1.96 bits per heavy atom. The van der Waals surface area contributed by atoms with Crippen LogP contribution in [0.3, 0.4) is 0 Å². The predicted octanol–water partition coefficient (Wildman–Crippen LogP) is 4.73. The molecular weight excluding hydrogens is 350 g/mol. The fraction of sp³-hybridized carbons (Fsp3) is 0.609. The summed E-state index contributed by atoms with van der Waals surface area (Å²) in [6, 6.07) is 8.50. The van der Waals surface area contributed by atoms with E-state index in [0.29, 0.717) is 36.4 Å². The maximum absolute atomic E-state index is 12.4. The Hall–Kier alpha value is -2.17. The second-order valence-corrected chi connectivity index (χ2v) is 8.98. The topological polar surface area (TPSA) is 68.0 Å². The Balaban J connectivity index is 1.27. The van der Waals surface area contributed by atoms with E-state index in [9.17, 15) is 4.79 Å². The van der Waals surface area contributed by atoms with E-state index in [1.807, 2.05) is 12.1 Å². The summed E-state index contributed by atoms with van der Waals surface area (Å²) >= 11 is 0. The lowest BCUT2D eigenvalue weighted by Crippen LogP contribution is -2.40. The van der Waals surface area contributed by atoms with Gasteiger partial charge in [-0.2, -0.15) is 4.98 Å². The summed E-state index contributed by atoms with van der Waals surface area (Å²) in [6.45, 7) is 6.50. The van der Waals surface area contributed by atoms with Crippen molar-refractivity contribution in [3.63, 3.8) is 0 Å². The molecular formula is C23H31N3O2. The Kier molecular flexibility index (Phi) is 5.51. The van der Waals surface area contributed by atoms with E-state index in [1.54, 1.807) is 0 Å². The van der Waals surface area contributed by atoms with E-state index in [0.717, 1.165) is 17.4 Å². The highest BCUT2D eigenvalue weighted by atomic mass is 16.5. The molecule has 1 amide bonds. The molecule has 5 heteroatoms. The molecule has 0 aliphatic heterocycles. The first kappa shape index (κ1) is 19.2. The molecule has 1 aromatic heterocycles. The van der Waals surface area contributed by atoms with Crippen LogP contribution in [0.2, 0.25) is 0 Å². The number of aryl methyl sites for hydroxylation is 1. The standard InChI is InChI=1S/C23H31N3O2/c1-14(2)17-6-8-18(9-7-17)23-25-22(28-26-23)11-10-21(27)24-15(3)20-13-16-4-5-19(20)12-16/h6-9,14-16,19-20H,4-5,10-13H2,1-3H3,(H,24,27)/t15-,16-,19-,20+/m0/s1. The SMILES string of the molecule is CC(C)c1ccc(-c2noc(CCC(=O)N[C@@H](C)[C@H]3C[C@H]4CC[C@H]3C4)n2)cc1. The van der Waals surface area contributed by atoms with Crippen molar-refractivity contribution in [3.8, 4) is 11.4 Å². The van der Waals surface area contributed by atoms with Crippen molar-refractivity contribution < 1.29 is 9.32 Å². The predicted molar refractivity (Wildman–Crippen MR) is 109 cm³/mol. The van der Waals surface area contributed by atoms with Gasteiger partial charge in [-0.25, -0.2) is 0 Å². The van der Waals surface area contributed by atoms with Gasteiger partial charge in [0, 0.05) is 24.4 Å². The number of aromatic nitrogens is 2. The Labute approximate surface area is 167 Å². The van der Waals surface area contributed by atoms with Gasteiger partial charge in [0.1, 0.15) is 0 Å². The number of carbonyl (C=O) groups excluding carboxylic acids is 1. The van der Waals surface area contributed by atoms with Crippen molar-refractivity contribution in [2.75, 3.05) is 0 Å². The summed E-state index contributed by atoms with van der Waals surface area (Å²) in [6.07, 6.45) is 6.26. The number of carbonyl (C=O) groups is 1. The molecule has 2 aromatic rings. The molecule has 0 spiro atoms. The molecule has 2 saturated carbocycles. The number of rotatable bonds is 7. The summed E-state index contributed by atoms with van der Waals surface area (Å²) in [5, 5.41) is 7.27. The maximum atomic E-state index is 12.4. The van der Waals surface area contributed by atoms with Gasteiger partial charge < -0.3 is 9.84 Å². The summed E-state index contributed by atoms with van der Waals surface area (Å²) in [7, 11) is 0. The molecule has 1 heterocycles. The van der Waals surface area contributed by atoms with Crippen LogP contribution in [0.25, 0.3) is 11.4 Å². The second-order valence-electron chi connectivity index (χ2n) is 8.98. The van der Waals surface area contributed by atoms with Gasteiger partial charge in [0.15, 0.2) is 0 Å². The summed E-state index contributed by atoms with van der Waals surface area (Å²) < 4.78 is 5.35. The summed E-state index contributed by atoms with van der Waals surface area (Å²) in [5.74, 6) is 4.06. The molecule has 2 aliphatic carbocycles. The highest BCUT2D eigenvalue weighted by Crippen LogP contribution is 2.49. The average molecular weight is 382 g/mol. The maximum Gasteiger partial charge on any atom is 0.227 e. The van der Waals surface area contributed by atoms with E-state index < -0.39 is 0 Å². The zero-order chi connectivity index (χ0) is 19.7. The summed E-state index contributed by atoms with van der Waals surface area (Å²) in [4.78, 5) is 16.8. The fourth-order valence-electron chi connectivity index (χ4n) is 5.05. The number of hydrogen-bond donors (Lipinski definition) is 1. The van der Waals surface area contributed by atoms with Crippen molar-refractivity contribution in [3.05, 3.63) is 35.7 Å². The van der Waals surface area contributed by atoms with Crippen molar-refractivity contribution in [2.24, 2.45) is 17.8 Å². The second kappa shape index (κ2) is 8.06. The quantitative estimate of drug-likeness (QED) is 0.752. The van der Waals surface area contributed by atoms with Gasteiger partial charge in [-0.1, -0.05) is 49.7 Å². The molecule has 2 aliphatic rings. The third-order valence-corrected chi connectivity index (χ3v) is 6.69. The van der Waals surface area contributed by atoms with Crippen molar-refractivity contribution in [1.29, 1.82) is 0 Å². The molecule has 4 atom stereocenters. The minimum absolute atomic E-state index is 0.0799. The zero-order valence-corrected chi connectivity index (χ0v) is 17.1. The zero-order valence-electron chi connectivity index (χ0n) is 17.1. The molecule has 0 radical (unpaired) electrons. The molecule has 0 saturated heterocycles. The van der Waals surface area contributed by atoms with E-state index in [2.05, 4.69) is 48.4 Å². The van der Waals surface area contributed by atoms with Crippen LogP contribution in [0.1, 0.15) is 70.2 Å². The van der Waals surface area contributed by atoms with Crippen LogP contribution in [0, 0.1) is 17.8 Å². The normalized spacial score (nSPS) is 24.6. The minimum atomic E-state index is 0.0799. The Morgan fingerprint density at radius 1 is 1.18 bits per heavy atom. The average Bonchev–Trinajstić information content (AvgIpc) is 3.43. The van der Waals surface area contributed by atoms with E-state index >= 15 is 0 Å². The molecule has 150 valence electrons. The van der Waals surface area contributed by atoms with Gasteiger partial charge in [-0.05, 0) is 55.4 Å². The van der Waals surface area contributed by atoms with E-state index in [4.69, 9.17) is 4.52 Å². The smallest absolute Gasteiger partial charge is 0.227 e. The molecule has 2 bridgehead atoms. The number of nitrogens with zero attached hydrogens (tertiary/aromatic N) is 2. The van der Waals surface area contributed by atoms with E-state index in [-0.39, 0.29) is 11.9 Å². The lowest BCUT2D eigenvalue weighted by Gasteiger charge is -2.28. The van der Waals surface area contributed by atoms with Gasteiger partial charge in [-0.3, -0.25) is 4.79 Å². The molecule has 2 fully saturated rings. The van der Waals surface area contributed by atoms with Crippen LogP contribution in [-0.4, -0.2) is 22.1 Å². The Morgan fingerprint density at radius 3 is 2.61 bits per heavy atom. The van der Waals surface area contributed by atoms with Crippen LogP contribution in [-0.2, 0) is 11.2 Å². The van der Waals surface area contributed by atoms with Gasteiger partial charge in [0.25, 0.3) is 0 Å². The van der Waals surface area contributed by atoms with Gasteiger partial charge >= 0.3 is 0 Å². The van der Waals surface area contributed by atoms with Crippen molar-refractivity contribution in [1.82, 2.24) is 15.5 Å². The summed E-state index contributed by atoms with van der Waals surface area (Å²) in [5.41, 5.74) is 2.22. The first-order chi connectivity index (χ1) is 13.5. The number of nitrogens with one attached hydrogen (secondary N) is 1. The van der Waals surface area contributed by atoms with Crippen LogP contribution >= 0.6 is 0 Å². The van der Waals surface area contributed by atoms with Crippen LogP contribution in [0.4, 0.5) is 0 Å². The van der Waals surface area contributed by atoms with Crippen LogP contribution < -0.4 is 5.32 Å². The fourth-order valence-corrected chi connectivity index (χ4v) is 5.05. The lowest BCUT2D eigenvalue weighted by atomic mass is 9.84. The molecule has 1 aromatic carbocycles. The number of benzene rings is 1. The number of fused-ring (bicyclic) bond motifs is 2. The van der Waals surface area contributed by atoms with Crippen molar-refractivity contribution >= 4 is 5.91 Å². The van der Waals surface area contributed by atoms with Crippen molar-refractivity contribution in [2.45, 2.75) is 71.3 Å². The highest BCUT2D eigenvalue weighted by molar-refractivity contribution is 5.76. The lowest BCUT2D eigenvalue weighted by molar-refractivity contribution is -0.122. The van der Waals surface area contributed by atoms with E-state index in [1.165, 1.54) is 31.2 Å². The monoisotopic (exact) mass is 381 g/mol. The number of hydrogen-bond acceptors (Lipinski definition) is 4. The highest BCUT2D eigenvalue weighted by Gasteiger charge is 2.42. The van der Waals surface area contributed by atoms with Gasteiger partial charge in [0.05, 0.1) is 0 Å². The van der Waals surface area contributed by atoms with Gasteiger partial charge in [0.2, 0.25) is 17.6 Å². The van der Waals surface area contributed by atoms with Gasteiger partial charge in [-0.15, -0.1) is 0 Å². The third kappa shape index (κ3) is 4.13. The van der Waals surface area contributed by atoms with Crippen LogP contribution in [0.15, 0.2) is 28.8 Å². The number of amides is 1. The molecule has 1 N–H and O–H groups in total. The van der Waals surface area contributed by atoms with Crippen LogP contribution in [0.5, 0.6) is 0 Å². The third-order valence-electron chi connectivity index (χ3n) is 6.69. The Bertz CT molecular complexity index is 812.